The number of carbonyl (C=O) groups is 2. The fraction of sp³-hybridized carbons (Fsp3) is 0.385. The molecule has 92 valence electrons. The highest BCUT2D eigenvalue weighted by Crippen LogP contribution is 2.22. The monoisotopic (exact) mass is 253 g/mol. The van der Waals surface area contributed by atoms with Crippen molar-refractivity contribution in [1.29, 1.82) is 0 Å². The first kappa shape index (κ1) is 13.7. The Bertz CT molecular complexity index is 418. The molecule has 0 spiro atoms. The molecular weight excluding hydrogens is 238 g/mol. The summed E-state index contributed by atoms with van der Waals surface area (Å²) in [5, 5.41) is 2.19. The van der Waals surface area contributed by atoms with E-state index in [4.69, 9.17) is 11.6 Å². The van der Waals surface area contributed by atoms with Crippen LogP contribution >= 0.6 is 11.6 Å². The molecule has 3 nitrogen and oxygen atoms in total. The second-order valence-electron chi connectivity index (χ2n) is 4.84. The number of imide groups is 1. The van der Waals surface area contributed by atoms with Crippen molar-refractivity contribution in [2.24, 2.45) is 0 Å². The number of nitrogens with one attached hydrogen (secondary N) is 1. The van der Waals surface area contributed by atoms with E-state index in [2.05, 4.69) is 26.1 Å². The first-order valence-corrected chi connectivity index (χ1v) is 5.88. The number of benzene rings is 1. The van der Waals surface area contributed by atoms with E-state index in [1.54, 1.807) is 12.1 Å². The lowest BCUT2D eigenvalue weighted by Gasteiger charge is -2.18. The van der Waals surface area contributed by atoms with Crippen LogP contribution in [0.25, 0.3) is 0 Å². The highest BCUT2D eigenvalue weighted by Gasteiger charge is 2.14. The second-order valence-corrected chi connectivity index (χ2v) is 5.11. The van der Waals surface area contributed by atoms with Crippen molar-refractivity contribution in [2.75, 3.05) is 5.88 Å². The van der Waals surface area contributed by atoms with E-state index in [1.807, 2.05) is 12.1 Å². The van der Waals surface area contributed by atoms with E-state index in [9.17, 15) is 9.59 Å². The van der Waals surface area contributed by atoms with Crippen LogP contribution in [0.5, 0.6) is 0 Å². The first-order valence-electron chi connectivity index (χ1n) is 5.35. The van der Waals surface area contributed by atoms with Gasteiger partial charge in [0, 0.05) is 5.56 Å². The normalized spacial score (nSPS) is 11.1. The van der Waals surface area contributed by atoms with Gasteiger partial charge in [0.25, 0.3) is 5.91 Å². The minimum atomic E-state index is -0.489. The third-order valence-corrected chi connectivity index (χ3v) is 2.63. The summed E-state index contributed by atoms with van der Waals surface area (Å²) < 4.78 is 0. The van der Waals surface area contributed by atoms with Gasteiger partial charge in [0.2, 0.25) is 5.91 Å². The van der Waals surface area contributed by atoms with Crippen molar-refractivity contribution in [2.45, 2.75) is 26.2 Å². The Morgan fingerprint density at radius 2 is 1.71 bits per heavy atom. The molecule has 0 aromatic heterocycles. The highest BCUT2D eigenvalue weighted by molar-refractivity contribution is 6.28. The largest absolute Gasteiger partial charge is 0.291 e. The van der Waals surface area contributed by atoms with Gasteiger partial charge in [-0.3, -0.25) is 14.9 Å². The highest BCUT2D eigenvalue weighted by atomic mass is 35.5. The van der Waals surface area contributed by atoms with Crippen LogP contribution in [-0.4, -0.2) is 17.7 Å². The van der Waals surface area contributed by atoms with Gasteiger partial charge >= 0.3 is 0 Å². The van der Waals surface area contributed by atoms with Crippen LogP contribution in [0.1, 0.15) is 36.7 Å². The molecule has 0 heterocycles. The van der Waals surface area contributed by atoms with Crippen molar-refractivity contribution in [3.63, 3.8) is 0 Å². The summed E-state index contributed by atoms with van der Waals surface area (Å²) in [6.07, 6.45) is 0. The van der Waals surface area contributed by atoms with E-state index in [1.165, 1.54) is 0 Å². The predicted molar refractivity (Wildman–Crippen MR) is 68.3 cm³/mol. The Hall–Kier alpha value is -1.35. The number of amides is 2. The van der Waals surface area contributed by atoms with Crippen molar-refractivity contribution in [1.82, 2.24) is 5.32 Å². The zero-order valence-corrected chi connectivity index (χ0v) is 11.0. The third-order valence-electron chi connectivity index (χ3n) is 2.39. The molecule has 0 aliphatic rings. The molecule has 2 amide bonds. The number of carbonyl (C=O) groups excluding carboxylic acids is 2. The van der Waals surface area contributed by atoms with Gasteiger partial charge < -0.3 is 0 Å². The van der Waals surface area contributed by atoms with Gasteiger partial charge in [-0.05, 0) is 23.1 Å². The molecule has 17 heavy (non-hydrogen) atoms. The number of hydrogen-bond donors (Lipinski definition) is 1. The lowest BCUT2D eigenvalue weighted by Crippen LogP contribution is -2.31. The summed E-state index contributed by atoms with van der Waals surface area (Å²) in [5.74, 6) is -1.13. The van der Waals surface area contributed by atoms with Crippen molar-refractivity contribution < 1.29 is 9.59 Å². The number of rotatable bonds is 2. The van der Waals surface area contributed by atoms with Gasteiger partial charge in [-0.15, -0.1) is 11.6 Å². The molecule has 4 heteroatoms. The van der Waals surface area contributed by atoms with Crippen LogP contribution in [0.2, 0.25) is 0 Å². The molecule has 1 aromatic rings. The fourth-order valence-corrected chi connectivity index (χ4v) is 1.42. The molecule has 0 unspecified atom stereocenters. The summed E-state index contributed by atoms with van der Waals surface area (Å²) in [6.45, 7) is 6.29. The molecule has 0 fully saturated rings. The van der Waals surface area contributed by atoms with E-state index in [0.29, 0.717) is 5.56 Å². The van der Waals surface area contributed by atoms with Crippen molar-refractivity contribution in [3.05, 3.63) is 35.4 Å². The standard InChI is InChI=1S/C13H16ClNO2/c1-13(2,3)10-6-4-9(5-7-10)12(17)15-11(16)8-14/h4-7H,8H2,1-3H3,(H,15,16,17). The maximum absolute atomic E-state index is 11.6. The van der Waals surface area contributed by atoms with Crippen LogP contribution in [0.4, 0.5) is 0 Å². The lowest BCUT2D eigenvalue weighted by molar-refractivity contribution is -0.117. The van der Waals surface area contributed by atoms with E-state index >= 15 is 0 Å². The molecular formula is C13H16ClNO2. The Morgan fingerprint density at radius 3 is 2.12 bits per heavy atom. The Morgan fingerprint density at radius 1 is 1.18 bits per heavy atom. The lowest BCUT2D eigenvalue weighted by atomic mass is 9.87. The second kappa shape index (κ2) is 5.32. The van der Waals surface area contributed by atoms with Crippen LogP contribution < -0.4 is 5.32 Å². The van der Waals surface area contributed by atoms with Gasteiger partial charge in [-0.25, -0.2) is 0 Å². The van der Waals surface area contributed by atoms with E-state index in [0.717, 1.165) is 5.56 Å². The van der Waals surface area contributed by atoms with Crippen LogP contribution in [-0.2, 0) is 10.2 Å². The average Bonchev–Trinajstić information content (AvgIpc) is 2.27. The average molecular weight is 254 g/mol. The molecule has 1 N–H and O–H groups in total. The number of halogens is 1. The summed E-state index contributed by atoms with van der Waals surface area (Å²) in [4.78, 5) is 22.5. The Balaban J connectivity index is 2.81. The molecule has 1 aromatic carbocycles. The molecule has 0 aliphatic heterocycles. The van der Waals surface area contributed by atoms with Gasteiger partial charge in [0.05, 0.1) is 0 Å². The SMILES string of the molecule is CC(C)(C)c1ccc(C(=O)NC(=O)CCl)cc1. The summed E-state index contributed by atoms with van der Waals surface area (Å²) in [5.41, 5.74) is 1.63. The summed E-state index contributed by atoms with van der Waals surface area (Å²) >= 11 is 5.30. The van der Waals surface area contributed by atoms with Gasteiger partial charge in [-0.1, -0.05) is 32.9 Å². The van der Waals surface area contributed by atoms with Crippen LogP contribution in [0, 0.1) is 0 Å². The summed E-state index contributed by atoms with van der Waals surface area (Å²) in [7, 11) is 0. The summed E-state index contributed by atoms with van der Waals surface area (Å²) in [6, 6.07) is 7.19. The number of hydrogen-bond acceptors (Lipinski definition) is 2. The number of alkyl halides is 1. The van der Waals surface area contributed by atoms with Gasteiger partial charge in [0.15, 0.2) is 0 Å². The zero-order valence-electron chi connectivity index (χ0n) is 10.2. The minimum absolute atomic E-state index is 0.0426. The van der Waals surface area contributed by atoms with Crippen molar-refractivity contribution in [3.8, 4) is 0 Å². The molecule has 0 radical (unpaired) electrons. The minimum Gasteiger partial charge on any atom is -0.291 e. The predicted octanol–water partition coefficient (Wildman–Crippen LogP) is 2.48. The molecule has 0 saturated heterocycles. The molecule has 0 saturated carbocycles. The van der Waals surface area contributed by atoms with Gasteiger partial charge in [0.1, 0.15) is 5.88 Å². The Labute approximate surface area is 106 Å². The third kappa shape index (κ3) is 3.86. The van der Waals surface area contributed by atoms with Gasteiger partial charge in [-0.2, -0.15) is 0 Å². The molecule has 0 bridgehead atoms. The maximum atomic E-state index is 11.6. The van der Waals surface area contributed by atoms with E-state index < -0.39 is 11.8 Å². The smallest absolute Gasteiger partial charge is 0.257 e. The maximum Gasteiger partial charge on any atom is 0.257 e. The van der Waals surface area contributed by atoms with Crippen LogP contribution in [0.15, 0.2) is 24.3 Å². The van der Waals surface area contributed by atoms with Crippen LogP contribution in [0.3, 0.4) is 0 Å². The van der Waals surface area contributed by atoms with E-state index in [-0.39, 0.29) is 11.3 Å². The van der Waals surface area contributed by atoms with Crippen molar-refractivity contribution >= 4 is 23.4 Å². The molecule has 0 aliphatic carbocycles. The zero-order chi connectivity index (χ0) is 13.1. The Kier molecular flexibility index (Phi) is 4.29. The topological polar surface area (TPSA) is 46.2 Å². The fourth-order valence-electron chi connectivity index (χ4n) is 1.35. The molecule has 0 atom stereocenters. The quantitative estimate of drug-likeness (QED) is 0.823. The first-order chi connectivity index (χ1) is 7.84. The molecule has 1 rings (SSSR count).